The van der Waals surface area contributed by atoms with Gasteiger partial charge in [-0.2, -0.15) is 0 Å². The monoisotopic (exact) mass is 445 g/mol. The number of rotatable bonds is 6. The average Bonchev–Trinajstić information content (AvgIpc) is 3.01. The minimum absolute atomic E-state index is 0.0805. The standard InChI is InChI=1S/C24H35N3O3S/c1-16-6-10-27(11-7-16)9-5-8-25-31(29,30)22-13-19-18(12-17(22)2)23-20(26-19)14-24(3,4)15-21(23)28/h12-13,16,25-26H,5-11,14-15H2,1-4H3. The van der Waals surface area contributed by atoms with Crippen molar-refractivity contribution in [3.63, 3.8) is 0 Å². The van der Waals surface area contributed by atoms with Crippen molar-refractivity contribution in [2.75, 3.05) is 26.2 Å². The van der Waals surface area contributed by atoms with Gasteiger partial charge >= 0.3 is 0 Å². The number of piperidine rings is 1. The van der Waals surface area contributed by atoms with Crippen molar-refractivity contribution in [1.29, 1.82) is 0 Å². The number of fused-ring (bicyclic) bond motifs is 3. The number of Topliss-reactive ketones (excluding diaryl/α,β-unsaturated/α-hetero) is 1. The zero-order valence-corrected chi connectivity index (χ0v) is 20.0. The Labute approximate surface area is 185 Å². The molecule has 31 heavy (non-hydrogen) atoms. The molecule has 2 aliphatic rings. The van der Waals surface area contributed by atoms with Crippen LogP contribution in [0, 0.1) is 18.3 Å². The molecule has 0 spiro atoms. The summed E-state index contributed by atoms with van der Waals surface area (Å²) in [6.45, 7) is 11.9. The van der Waals surface area contributed by atoms with Gasteiger partial charge < -0.3 is 9.88 Å². The van der Waals surface area contributed by atoms with Gasteiger partial charge in [0.05, 0.1) is 4.90 Å². The highest BCUT2D eigenvalue weighted by atomic mass is 32.2. The van der Waals surface area contributed by atoms with E-state index in [1.807, 2.05) is 6.07 Å². The number of aromatic amines is 1. The molecule has 170 valence electrons. The Balaban J connectivity index is 1.48. The van der Waals surface area contributed by atoms with E-state index < -0.39 is 10.0 Å². The molecule has 0 radical (unpaired) electrons. The van der Waals surface area contributed by atoms with E-state index in [4.69, 9.17) is 0 Å². The van der Waals surface area contributed by atoms with E-state index in [2.05, 4.69) is 35.4 Å². The first-order chi connectivity index (χ1) is 14.6. The lowest BCUT2D eigenvalue weighted by Gasteiger charge is -2.30. The largest absolute Gasteiger partial charge is 0.358 e. The van der Waals surface area contributed by atoms with Gasteiger partial charge in [0, 0.05) is 35.1 Å². The third kappa shape index (κ3) is 4.73. The number of carbonyl (C=O) groups is 1. The van der Waals surface area contributed by atoms with E-state index >= 15 is 0 Å². The quantitative estimate of drug-likeness (QED) is 0.658. The molecule has 0 amide bonds. The third-order valence-electron chi connectivity index (χ3n) is 6.85. The number of hydrogen-bond acceptors (Lipinski definition) is 4. The van der Waals surface area contributed by atoms with Crippen molar-refractivity contribution < 1.29 is 13.2 Å². The van der Waals surface area contributed by atoms with Gasteiger partial charge in [0.1, 0.15) is 0 Å². The Morgan fingerprint density at radius 1 is 1.19 bits per heavy atom. The Morgan fingerprint density at radius 3 is 2.61 bits per heavy atom. The second-order valence-corrected chi connectivity index (χ2v) is 12.1. The number of sulfonamides is 1. The van der Waals surface area contributed by atoms with Crippen LogP contribution in [0.15, 0.2) is 17.0 Å². The van der Waals surface area contributed by atoms with Crippen LogP contribution in [0.3, 0.4) is 0 Å². The summed E-state index contributed by atoms with van der Waals surface area (Å²) in [5.74, 6) is 0.936. The fraction of sp³-hybridized carbons (Fsp3) is 0.625. The van der Waals surface area contributed by atoms with Crippen LogP contribution in [-0.4, -0.2) is 50.3 Å². The van der Waals surface area contributed by atoms with Gasteiger partial charge in [-0.25, -0.2) is 13.1 Å². The van der Waals surface area contributed by atoms with E-state index in [9.17, 15) is 13.2 Å². The number of likely N-dealkylation sites (tertiary alicyclic amines) is 1. The Morgan fingerprint density at radius 2 is 1.90 bits per heavy atom. The average molecular weight is 446 g/mol. The fourth-order valence-electron chi connectivity index (χ4n) is 5.06. The minimum Gasteiger partial charge on any atom is -0.358 e. The first-order valence-electron chi connectivity index (χ1n) is 11.5. The van der Waals surface area contributed by atoms with Gasteiger partial charge in [0.2, 0.25) is 10.0 Å². The Kier molecular flexibility index (Phi) is 6.05. The number of nitrogens with one attached hydrogen (secondary N) is 2. The Hall–Kier alpha value is -1.70. The van der Waals surface area contributed by atoms with Crippen LogP contribution < -0.4 is 4.72 Å². The number of nitrogens with zero attached hydrogens (tertiary/aromatic N) is 1. The number of carbonyl (C=O) groups excluding carboxylic acids is 1. The Bertz CT molecular complexity index is 1090. The maximum Gasteiger partial charge on any atom is 0.240 e. The maximum absolute atomic E-state index is 13.0. The van der Waals surface area contributed by atoms with Gasteiger partial charge in [0.15, 0.2) is 5.78 Å². The molecule has 2 aromatic rings. The second kappa shape index (κ2) is 8.34. The van der Waals surface area contributed by atoms with Crippen molar-refractivity contribution >= 4 is 26.7 Å². The normalized spacial score (nSPS) is 20.3. The lowest BCUT2D eigenvalue weighted by atomic mass is 9.76. The third-order valence-corrected chi connectivity index (χ3v) is 8.46. The number of H-pyrrole nitrogens is 1. The molecule has 0 unspecified atom stereocenters. The predicted octanol–water partition coefficient (Wildman–Crippen LogP) is 4.03. The van der Waals surface area contributed by atoms with Crippen molar-refractivity contribution in [3.05, 3.63) is 29.0 Å². The smallest absolute Gasteiger partial charge is 0.240 e. The summed E-state index contributed by atoms with van der Waals surface area (Å²) in [7, 11) is -3.61. The molecule has 0 atom stereocenters. The maximum atomic E-state index is 13.0. The van der Waals surface area contributed by atoms with E-state index in [0.29, 0.717) is 18.5 Å². The number of aromatic nitrogens is 1. The van der Waals surface area contributed by atoms with Crippen LogP contribution in [0.5, 0.6) is 0 Å². The number of aryl methyl sites for hydroxylation is 1. The van der Waals surface area contributed by atoms with Gasteiger partial charge in [0.25, 0.3) is 0 Å². The van der Waals surface area contributed by atoms with E-state index in [1.165, 1.54) is 12.8 Å². The van der Waals surface area contributed by atoms with Crippen LogP contribution in [0.4, 0.5) is 0 Å². The van der Waals surface area contributed by atoms with Crippen LogP contribution in [-0.2, 0) is 16.4 Å². The summed E-state index contributed by atoms with van der Waals surface area (Å²) < 4.78 is 28.8. The highest BCUT2D eigenvalue weighted by Gasteiger charge is 2.34. The van der Waals surface area contributed by atoms with Gasteiger partial charge in [-0.1, -0.05) is 20.8 Å². The summed E-state index contributed by atoms with van der Waals surface area (Å²) >= 11 is 0. The zero-order chi connectivity index (χ0) is 22.4. The van der Waals surface area contributed by atoms with Crippen LogP contribution >= 0.6 is 0 Å². The molecule has 2 heterocycles. The van der Waals surface area contributed by atoms with Crippen molar-refractivity contribution in [3.8, 4) is 0 Å². The van der Waals surface area contributed by atoms with Gasteiger partial charge in [-0.15, -0.1) is 0 Å². The molecular weight excluding hydrogens is 410 g/mol. The molecule has 6 nitrogen and oxygen atoms in total. The molecule has 1 aliphatic heterocycles. The first-order valence-corrected chi connectivity index (χ1v) is 12.9. The highest BCUT2D eigenvalue weighted by Crippen LogP contribution is 2.38. The van der Waals surface area contributed by atoms with Crippen molar-refractivity contribution in [1.82, 2.24) is 14.6 Å². The minimum atomic E-state index is -3.61. The molecule has 7 heteroatoms. The molecule has 4 rings (SSSR count). The summed E-state index contributed by atoms with van der Waals surface area (Å²) in [6.07, 6.45) is 4.56. The summed E-state index contributed by atoms with van der Waals surface area (Å²) in [6, 6.07) is 3.54. The molecule has 1 aromatic heterocycles. The molecule has 1 aliphatic carbocycles. The van der Waals surface area contributed by atoms with Crippen molar-refractivity contribution in [2.24, 2.45) is 11.3 Å². The van der Waals surface area contributed by atoms with E-state index in [1.54, 1.807) is 13.0 Å². The molecule has 1 fully saturated rings. The molecule has 0 bridgehead atoms. The first kappa shape index (κ1) is 22.5. The number of benzene rings is 1. The summed E-state index contributed by atoms with van der Waals surface area (Å²) in [4.78, 5) is 18.8. The predicted molar refractivity (Wildman–Crippen MR) is 124 cm³/mol. The highest BCUT2D eigenvalue weighted by molar-refractivity contribution is 7.89. The molecular formula is C24H35N3O3S. The summed E-state index contributed by atoms with van der Waals surface area (Å²) in [5, 5.41) is 0.839. The lowest BCUT2D eigenvalue weighted by Crippen LogP contribution is -2.35. The van der Waals surface area contributed by atoms with Crippen LogP contribution in [0.2, 0.25) is 0 Å². The van der Waals surface area contributed by atoms with E-state index in [-0.39, 0.29) is 16.1 Å². The summed E-state index contributed by atoms with van der Waals surface area (Å²) in [5.41, 5.74) is 2.98. The number of ketones is 1. The molecule has 0 saturated carbocycles. The fourth-order valence-corrected chi connectivity index (χ4v) is 6.39. The SMILES string of the molecule is Cc1cc2c3c([nH]c2cc1S(=O)(=O)NCCCN1CCC(C)CC1)CC(C)(C)CC3=O. The molecule has 1 saturated heterocycles. The van der Waals surface area contributed by atoms with Crippen molar-refractivity contribution in [2.45, 2.75) is 64.7 Å². The molecule has 2 N–H and O–H groups in total. The van der Waals surface area contributed by atoms with Gasteiger partial charge in [-0.05, 0) is 81.3 Å². The topological polar surface area (TPSA) is 82.3 Å². The molecule has 1 aromatic carbocycles. The second-order valence-electron chi connectivity index (χ2n) is 10.4. The van der Waals surface area contributed by atoms with Crippen LogP contribution in [0.25, 0.3) is 10.9 Å². The number of hydrogen-bond donors (Lipinski definition) is 2. The van der Waals surface area contributed by atoms with Crippen LogP contribution in [0.1, 0.15) is 68.1 Å². The zero-order valence-electron chi connectivity index (χ0n) is 19.2. The lowest BCUT2D eigenvalue weighted by molar-refractivity contribution is 0.0913. The van der Waals surface area contributed by atoms with E-state index in [0.717, 1.165) is 60.6 Å². The van der Waals surface area contributed by atoms with Gasteiger partial charge in [-0.3, -0.25) is 4.79 Å².